The van der Waals surface area contributed by atoms with Crippen LogP contribution in [0.2, 0.25) is 0 Å². The number of hydrogen-bond donors (Lipinski definition) is 1. The molecule has 0 amide bonds. The third kappa shape index (κ3) is 2.90. The van der Waals surface area contributed by atoms with Crippen molar-refractivity contribution in [2.75, 3.05) is 5.73 Å². The van der Waals surface area contributed by atoms with Crippen molar-refractivity contribution in [3.63, 3.8) is 0 Å². The molecule has 1 heterocycles. The first-order valence-electron chi connectivity index (χ1n) is 5.24. The number of ether oxygens (including phenoxy) is 1. The molecule has 0 bridgehead atoms. The number of aryl methyl sites for hydroxylation is 1. The largest absolute Gasteiger partial charge is 0.439 e. The summed E-state index contributed by atoms with van der Waals surface area (Å²) in [6.07, 6.45) is 0.657. The topological polar surface area (TPSA) is 61.0 Å². The number of benzene rings is 1. The quantitative estimate of drug-likeness (QED) is 0.885. The van der Waals surface area contributed by atoms with E-state index < -0.39 is 0 Å². The van der Waals surface area contributed by atoms with Crippen molar-refractivity contribution in [1.82, 2.24) is 9.97 Å². The Morgan fingerprint density at radius 3 is 2.82 bits per heavy atom. The van der Waals surface area contributed by atoms with Crippen LogP contribution >= 0.6 is 0 Å². The van der Waals surface area contributed by atoms with Gasteiger partial charge >= 0.3 is 0 Å². The van der Waals surface area contributed by atoms with E-state index in [1.807, 2.05) is 6.92 Å². The van der Waals surface area contributed by atoms with Crippen molar-refractivity contribution in [3.05, 3.63) is 42.0 Å². The van der Waals surface area contributed by atoms with Crippen LogP contribution in [-0.2, 0) is 6.42 Å². The molecule has 0 unspecified atom stereocenters. The van der Waals surface area contributed by atoms with E-state index in [-0.39, 0.29) is 5.82 Å². The molecule has 4 nitrogen and oxygen atoms in total. The summed E-state index contributed by atoms with van der Waals surface area (Å²) in [7, 11) is 0. The molecule has 1 aromatic carbocycles. The number of nitrogens with two attached hydrogens (primary N) is 1. The molecule has 17 heavy (non-hydrogen) atoms. The second-order valence-electron chi connectivity index (χ2n) is 3.46. The van der Waals surface area contributed by atoms with Gasteiger partial charge in [0, 0.05) is 18.6 Å². The Balaban J connectivity index is 2.26. The van der Waals surface area contributed by atoms with E-state index >= 15 is 0 Å². The molecule has 0 aliphatic carbocycles. The predicted molar refractivity (Wildman–Crippen MR) is 62.3 cm³/mol. The van der Waals surface area contributed by atoms with Gasteiger partial charge in [0.25, 0.3) is 0 Å². The highest BCUT2D eigenvalue weighted by atomic mass is 19.1. The lowest BCUT2D eigenvalue weighted by Crippen LogP contribution is -2.00. The SMILES string of the molecule is CCc1nc(N)cc(Oc2cccc(F)c2)n1. The third-order valence-corrected chi connectivity index (χ3v) is 2.10. The highest BCUT2D eigenvalue weighted by Crippen LogP contribution is 2.21. The number of halogens is 1. The Morgan fingerprint density at radius 2 is 2.12 bits per heavy atom. The molecule has 5 heteroatoms. The molecule has 0 spiro atoms. The van der Waals surface area contributed by atoms with Gasteiger partial charge in [0.2, 0.25) is 5.88 Å². The fourth-order valence-corrected chi connectivity index (χ4v) is 1.35. The van der Waals surface area contributed by atoms with Gasteiger partial charge in [-0.05, 0) is 12.1 Å². The molecule has 2 aromatic rings. The molecule has 0 atom stereocenters. The van der Waals surface area contributed by atoms with Crippen molar-refractivity contribution in [2.45, 2.75) is 13.3 Å². The lowest BCUT2D eigenvalue weighted by atomic mass is 10.3. The molecule has 0 aliphatic rings. The maximum atomic E-state index is 13.0. The monoisotopic (exact) mass is 233 g/mol. The van der Waals surface area contributed by atoms with Crippen LogP contribution in [0.3, 0.4) is 0 Å². The number of nitrogen functional groups attached to an aromatic ring is 1. The van der Waals surface area contributed by atoms with E-state index in [9.17, 15) is 4.39 Å². The molecule has 0 saturated carbocycles. The summed E-state index contributed by atoms with van der Waals surface area (Å²) in [6, 6.07) is 7.34. The van der Waals surface area contributed by atoms with Gasteiger partial charge < -0.3 is 10.5 Å². The van der Waals surface area contributed by atoms with E-state index in [4.69, 9.17) is 10.5 Å². The standard InChI is InChI=1S/C12H12FN3O/c1-2-11-15-10(14)7-12(16-11)17-9-5-3-4-8(13)6-9/h3-7H,2H2,1H3,(H2,14,15,16). The van der Waals surface area contributed by atoms with Gasteiger partial charge in [0.05, 0.1) is 0 Å². The smallest absolute Gasteiger partial charge is 0.224 e. The van der Waals surface area contributed by atoms with Crippen molar-refractivity contribution in [2.24, 2.45) is 0 Å². The van der Waals surface area contributed by atoms with Gasteiger partial charge in [-0.25, -0.2) is 9.37 Å². The zero-order chi connectivity index (χ0) is 12.3. The van der Waals surface area contributed by atoms with E-state index in [1.165, 1.54) is 18.2 Å². The molecule has 2 rings (SSSR count). The Labute approximate surface area is 98.3 Å². The maximum absolute atomic E-state index is 13.0. The fourth-order valence-electron chi connectivity index (χ4n) is 1.35. The maximum Gasteiger partial charge on any atom is 0.224 e. The number of nitrogens with zero attached hydrogens (tertiary/aromatic N) is 2. The second-order valence-corrected chi connectivity index (χ2v) is 3.46. The highest BCUT2D eigenvalue weighted by molar-refractivity contribution is 5.35. The molecule has 88 valence electrons. The average Bonchev–Trinajstić information content (AvgIpc) is 2.28. The lowest BCUT2D eigenvalue weighted by Gasteiger charge is -2.06. The third-order valence-electron chi connectivity index (χ3n) is 2.10. The van der Waals surface area contributed by atoms with Crippen LogP contribution in [0.5, 0.6) is 11.6 Å². The number of aromatic nitrogens is 2. The van der Waals surface area contributed by atoms with E-state index in [0.29, 0.717) is 29.7 Å². The molecule has 0 aliphatic heterocycles. The van der Waals surface area contributed by atoms with Crippen LogP contribution in [0.25, 0.3) is 0 Å². The fraction of sp³-hybridized carbons (Fsp3) is 0.167. The van der Waals surface area contributed by atoms with Crippen molar-refractivity contribution < 1.29 is 9.13 Å². The Hall–Kier alpha value is -2.17. The van der Waals surface area contributed by atoms with Crippen LogP contribution in [0.1, 0.15) is 12.7 Å². The first-order valence-corrected chi connectivity index (χ1v) is 5.24. The minimum atomic E-state index is -0.361. The first kappa shape index (κ1) is 11.3. The van der Waals surface area contributed by atoms with Crippen LogP contribution in [0.15, 0.2) is 30.3 Å². The summed E-state index contributed by atoms with van der Waals surface area (Å²) in [4.78, 5) is 8.17. The minimum absolute atomic E-state index is 0.319. The Morgan fingerprint density at radius 1 is 1.29 bits per heavy atom. The van der Waals surface area contributed by atoms with Gasteiger partial charge in [-0.3, -0.25) is 0 Å². The van der Waals surface area contributed by atoms with Crippen LogP contribution in [0.4, 0.5) is 10.2 Å². The van der Waals surface area contributed by atoms with Crippen molar-refractivity contribution in [1.29, 1.82) is 0 Å². The number of anilines is 1. The zero-order valence-electron chi connectivity index (χ0n) is 9.35. The highest BCUT2D eigenvalue weighted by Gasteiger charge is 2.04. The number of hydrogen-bond acceptors (Lipinski definition) is 4. The van der Waals surface area contributed by atoms with E-state index in [2.05, 4.69) is 9.97 Å². The van der Waals surface area contributed by atoms with Crippen molar-refractivity contribution >= 4 is 5.82 Å². The second kappa shape index (κ2) is 4.78. The van der Waals surface area contributed by atoms with Crippen LogP contribution in [-0.4, -0.2) is 9.97 Å². The van der Waals surface area contributed by atoms with Gasteiger partial charge in [0.15, 0.2) is 0 Å². The Bertz CT molecular complexity index is 531. The predicted octanol–water partition coefficient (Wildman–Crippen LogP) is 2.55. The summed E-state index contributed by atoms with van der Waals surface area (Å²) >= 11 is 0. The summed E-state index contributed by atoms with van der Waals surface area (Å²) in [5.74, 6) is 1.27. The van der Waals surface area contributed by atoms with E-state index in [0.717, 1.165) is 0 Å². The molecule has 0 fully saturated rings. The lowest BCUT2D eigenvalue weighted by molar-refractivity contribution is 0.455. The summed E-state index contributed by atoms with van der Waals surface area (Å²) in [5, 5.41) is 0. The molecule has 0 radical (unpaired) electrons. The summed E-state index contributed by atoms with van der Waals surface area (Å²) in [6.45, 7) is 1.92. The summed E-state index contributed by atoms with van der Waals surface area (Å²) < 4.78 is 18.4. The molecular formula is C12H12FN3O. The Kier molecular flexibility index (Phi) is 3.18. The first-order chi connectivity index (χ1) is 8.17. The van der Waals surface area contributed by atoms with Gasteiger partial charge in [-0.2, -0.15) is 4.98 Å². The van der Waals surface area contributed by atoms with E-state index in [1.54, 1.807) is 12.1 Å². The van der Waals surface area contributed by atoms with Crippen molar-refractivity contribution in [3.8, 4) is 11.6 Å². The molecular weight excluding hydrogens is 221 g/mol. The zero-order valence-corrected chi connectivity index (χ0v) is 9.35. The normalized spacial score (nSPS) is 10.2. The summed E-state index contributed by atoms with van der Waals surface area (Å²) in [5.41, 5.74) is 5.61. The molecule has 2 N–H and O–H groups in total. The van der Waals surface area contributed by atoms with Gasteiger partial charge in [-0.1, -0.05) is 13.0 Å². The number of rotatable bonds is 3. The average molecular weight is 233 g/mol. The molecule has 0 saturated heterocycles. The van der Waals surface area contributed by atoms with Gasteiger partial charge in [0.1, 0.15) is 23.2 Å². The molecule has 1 aromatic heterocycles. The van der Waals surface area contributed by atoms with Crippen LogP contribution in [0, 0.1) is 5.82 Å². The van der Waals surface area contributed by atoms with Gasteiger partial charge in [-0.15, -0.1) is 0 Å². The minimum Gasteiger partial charge on any atom is -0.439 e. The van der Waals surface area contributed by atoms with Crippen LogP contribution < -0.4 is 10.5 Å².